The van der Waals surface area contributed by atoms with Crippen LogP contribution < -0.4 is 0 Å². The maximum atomic E-state index is 12.6. The highest BCUT2D eigenvalue weighted by atomic mass is 31.2. The van der Waals surface area contributed by atoms with Crippen LogP contribution in [0.15, 0.2) is 60.8 Å². The molecule has 12 heteroatoms. The molecule has 0 spiro atoms. The number of phosphoric ester groups is 1. The molecule has 336 valence electrons. The van der Waals surface area contributed by atoms with Crippen molar-refractivity contribution in [3.05, 3.63) is 60.8 Å². The van der Waals surface area contributed by atoms with Gasteiger partial charge in [0.2, 0.25) is 0 Å². The number of aliphatic hydroxyl groups is 3. The van der Waals surface area contributed by atoms with Crippen LogP contribution in [-0.4, -0.2) is 76.9 Å². The lowest BCUT2D eigenvalue weighted by Crippen LogP contribution is -2.29. The average Bonchev–Trinajstić information content (AvgIpc) is 3.19. The largest absolute Gasteiger partial charge is 0.472 e. The first-order valence-electron chi connectivity index (χ1n) is 22.2. The van der Waals surface area contributed by atoms with Crippen LogP contribution in [0.3, 0.4) is 0 Å². The van der Waals surface area contributed by atoms with Crippen molar-refractivity contribution < 1.29 is 52.9 Å². The van der Waals surface area contributed by atoms with Crippen LogP contribution >= 0.6 is 7.82 Å². The van der Waals surface area contributed by atoms with Gasteiger partial charge in [-0.2, -0.15) is 0 Å². The fourth-order valence-corrected chi connectivity index (χ4v) is 6.55. The number of hydrogen-bond acceptors (Lipinski definition) is 10. The molecule has 0 bridgehead atoms. The quantitative estimate of drug-likeness (QED) is 0.0152. The first-order valence-corrected chi connectivity index (χ1v) is 23.7. The van der Waals surface area contributed by atoms with Gasteiger partial charge in [0.05, 0.1) is 25.9 Å². The highest BCUT2D eigenvalue weighted by Crippen LogP contribution is 2.43. The van der Waals surface area contributed by atoms with E-state index in [1.54, 1.807) is 6.08 Å². The topological polar surface area (TPSA) is 169 Å². The van der Waals surface area contributed by atoms with Gasteiger partial charge < -0.3 is 29.7 Å². The Hall–Kier alpha value is -2.37. The molecule has 4 atom stereocenters. The number of allylic oxidation sites excluding steroid dienone is 8. The number of hydrogen-bond donors (Lipinski definition) is 4. The third-order valence-corrected chi connectivity index (χ3v) is 10.1. The van der Waals surface area contributed by atoms with E-state index in [0.29, 0.717) is 25.7 Å². The Bertz CT molecular complexity index is 1180. The monoisotopic (exact) mass is 841 g/mol. The lowest BCUT2D eigenvalue weighted by Gasteiger charge is -2.20. The Labute approximate surface area is 351 Å². The second-order valence-electron chi connectivity index (χ2n) is 15.4. The van der Waals surface area contributed by atoms with Crippen LogP contribution in [0.4, 0.5) is 0 Å². The Morgan fingerprint density at radius 2 is 1.17 bits per heavy atom. The molecule has 0 amide bonds. The van der Waals surface area contributed by atoms with Gasteiger partial charge >= 0.3 is 19.8 Å². The molecule has 0 aromatic heterocycles. The van der Waals surface area contributed by atoms with E-state index in [1.165, 1.54) is 70.6 Å². The molecule has 4 N–H and O–H groups in total. The molecular weight excluding hydrogens is 759 g/mol. The summed E-state index contributed by atoms with van der Waals surface area (Å²) in [6, 6.07) is 0. The number of rotatable bonds is 40. The minimum Gasteiger partial charge on any atom is -0.462 e. The van der Waals surface area contributed by atoms with Gasteiger partial charge in [-0.25, -0.2) is 4.57 Å². The summed E-state index contributed by atoms with van der Waals surface area (Å²) in [5.74, 6) is -0.199. The zero-order valence-corrected chi connectivity index (χ0v) is 37.2. The predicted octanol–water partition coefficient (Wildman–Crippen LogP) is 10.7. The second-order valence-corrected chi connectivity index (χ2v) is 16.8. The summed E-state index contributed by atoms with van der Waals surface area (Å²) >= 11 is 0. The molecule has 0 radical (unpaired) electrons. The molecule has 2 unspecified atom stereocenters. The minimum absolute atomic E-state index is 0.0868. The number of phosphoric acid groups is 1. The standard InChI is InChI=1S/C46H81O11P/c1-4-5-33-42(48)34-29-25-21-17-13-10-11-15-19-23-27-31-36-46(51)57-44(40-56-58(52,53)55-38-43(49)37-47)39-54-45(50)35-30-26-22-18-14-9-7-6-8-12-16-20-24-28-32-41(2)3/h5,10-11,17,19,21,23,25,29,33,41-44,47-49H,4,6-9,12-16,18,20,22,24,26-28,30-32,34-40H2,1-3H3,(H,52,53)/b11-10-,21-17-,23-19-,29-25+,33-5-/t42?,43-,44+/m0/s1. The first-order chi connectivity index (χ1) is 28.0. The van der Waals surface area contributed by atoms with Gasteiger partial charge in [0.1, 0.15) is 12.7 Å². The predicted molar refractivity (Wildman–Crippen MR) is 234 cm³/mol. The highest BCUT2D eigenvalue weighted by Gasteiger charge is 2.27. The van der Waals surface area contributed by atoms with E-state index in [-0.39, 0.29) is 19.4 Å². The van der Waals surface area contributed by atoms with Crippen molar-refractivity contribution in [1.29, 1.82) is 0 Å². The van der Waals surface area contributed by atoms with Crippen molar-refractivity contribution >= 4 is 19.8 Å². The van der Waals surface area contributed by atoms with Gasteiger partial charge in [0.15, 0.2) is 6.10 Å². The summed E-state index contributed by atoms with van der Waals surface area (Å²) in [7, 11) is -4.65. The number of ether oxygens (including phenoxy) is 2. The summed E-state index contributed by atoms with van der Waals surface area (Å²) in [4.78, 5) is 35.0. The van der Waals surface area contributed by atoms with E-state index >= 15 is 0 Å². The molecule has 11 nitrogen and oxygen atoms in total. The van der Waals surface area contributed by atoms with Crippen LogP contribution in [0.5, 0.6) is 0 Å². The minimum atomic E-state index is -4.65. The summed E-state index contributed by atoms with van der Waals surface area (Å²) in [5, 5.41) is 28.1. The molecular formula is C46H81O11P. The Kier molecular flexibility index (Phi) is 38.4. The summed E-state index contributed by atoms with van der Waals surface area (Å²) in [6.45, 7) is 4.40. The van der Waals surface area contributed by atoms with E-state index in [4.69, 9.17) is 19.1 Å². The maximum Gasteiger partial charge on any atom is 0.472 e. The normalized spacial score (nSPS) is 15.0. The average molecular weight is 841 g/mol. The van der Waals surface area contributed by atoms with Gasteiger partial charge in [-0.05, 0) is 50.9 Å². The Morgan fingerprint density at radius 3 is 1.78 bits per heavy atom. The van der Waals surface area contributed by atoms with Crippen LogP contribution in [0, 0.1) is 5.92 Å². The number of aliphatic hydroxyl groups excluding tert-OH is 3. The van der Waals surface area contributed by atoms with Crippen LogP contribution in [-0.2, 0) is 32.7 Å². The molecule has 0 rings (SSSR count). The van der Waals surface area contributed by atoms with Gasteiger partial charge in [-0.15, -0.1) is 0 Å². The number of carbonyl (C=O) groups excluding carboxylic acids is 2. The first kappa shape index (κ1) is 55.6. The van der Waals surface area contributed by atoms with Crippen LogP contribution in [0.25, 0.3) is 0 Å². The van der Waals surface area contributed by atoms with E-state index < -0.39 is 57.9 Å². The van der Waals surface area contributed by atoms with Crippen molar-refractivity contribution in [2.24, 2.45) is 5.92 Å². The number of esters is 2. The lowest BCUT2D eigenvalue weighted by atomic mass is 10.0. The summed E-state index contributed by atoms with van der Waals surface area (Å²) < 4.78 is 32.6. The summed E-state index contributed by atoms with van der Waals surface area (Å²) in [5.41, 5.74) is 0. The lowest BCUT2D eigenvalue weighted by molar-refractivity contribution is -0.161. The van der Waals surface area contributed by atoms with Crippen molar-refractivity contribution in [1.82, 2.24) is 0 Å². The fraction of sp³-hybridized carbons (Fsp3) is 0.739. The maximum absolute atomic E-state index is 12.6. The molecule has 0 heterocycles. The highest BCUT2D eigenvalue weighted by molar-refractivity contribution is 7.47. The molecule has 0 aliphatic rings. The molecule has 0 aliphatic carbocycles. The van der Waals surface area contributed by atoms with Gasteiger partial charge in [-0.1, -0.05) is 171 Å². The van der Waals surface area contributed by atoms with Crippen LogP contribution in [0.2, 0.25) is 0 Å². The molecule has 0 saturated carbocycles. The molecule has 0 aliphatic heterocycles. The third-order valence-electron chi connectivity index (χ3n) is 9.19. The second kappa shape index (κ2) is 40.1. The Balaban J connectivity index is 4.40. The van der Waals surface area contributed by atoms with Crippen molar-refractivity contribution in [3.8, 4) is 0 Å². The molecule has 0 fully saturated rings. The Morgan fingerprint density at radius 1 is 0.638 bits per heavy atom. The summed E-state index contributed by atoms with van der Waals surface area (Å²) in [6.07, 6.45) is 39.7. The van der Waals surface area contributed by atoms with Crippen LogP contribution in [0.1, 0.15) is 168 Å². The molecule has 0 saturated heterocycles. The molecule has 58 heavy (non-hydrogen) atoms. The van der Waals surface area contributed by atoms with Crippen molar-refractivity contribution in [3.63, 3.8) is 0 Å². The van der Waals surface area contributed by atoms with E-state index in [0.717, 1.165) is 44.4 Å². The van der Waals surface area contributed by atoms with Gasteiger partial charge in [-0.3, -0.25) is 18.6 Å². The zero-order chi connectivity index (χ0) is 43.0. The van der Waals surface area contributed by atoms with Gasteiger partial charge in [0.25, 0.3) is 0 Å². The van der Waals surface area contributed by atoms with E-state index in [2.05, 4.69) is 30.5 Å². The zero-order valence-electron chi connectivity index (χ0n) is 36.3. The van der Waals surface area contributed by atoms with E-state index in [9.17, 15) is 29.3 Å². The third kappa shape index (κ3) is 40.4. The van der Waals surface area contributed by atoms with Crippen molar-refractivity contribution in [2.75, 3.05) is 26.4 Å². The molecule has 0 aromatic rings. The number of unbranched alkanes of at least 4 members (excludes halogenated alkanes) is 14. The molecule has 0 aromatic carbocycles. The SMILES string of the molecule is CC/C=C\C(O)C/C=C/C=C\C/C=C\C/C=C\CCCC(=O)O[C@H](COC(=O)CCCCCCCCCCCCCCCCC(C)C)COP(=O)(O)OC[C@@H](O)CO. The number of carbonyl (C=O) groups is 2. The van der Waals surface area contributed by atoms with Gasteiger partial charge in [0, 0.05) is 12.8 Å². The smallest absolute Gasteiger partial charge is 0.462 e. The van der Waals surface area contributed by atoms with Crippen molar-refractivity contribution in [2.45, 2.75) is 187 Å². The van der Waals surface area contributed by atoms with E-state index in [1.807, 2.05) is 49.5 Å². The fourth-order valence-electron chi connectivity index (χ4n) is 5.76.